The minimum atomic E-state index is -4.52. The lowest BCUT2D eigenvalue weighted by Crippen LogP contribution is -2.25. The first-order valence-electron chi connectivity index (χ1n) is 8.72. The van der Waals surface area contributed by atoms with Gasteiger partial charge in [0.1, 0.15) is 11.6 Å². The Bertz CT molecular complexity index is 973. The molecule has 0 aliphatic rings. The SMILES string of the molecule is C=C/C(=C\C)c1cc(=O)n(-c2ccc(OCC(F)(F)F)cc2)c(CCC(F)(F)F)n1. The van der Waals surface area contributed by atoms with Gasteiger partial charge in [-0.3, -0.25) is 9.36 Å². The average molecular weight is 432 g/mol. The molecule has 0 bridgehead atoms. The number of halogens is 6. The van der Waals surface area contributed by atoms with Crippen molar-refractivity contribution in [2.45, 2.75) is 32.1 Å². The Morgan fingerprint density at radius 3 is 2.27 bits per heavy atom. The molecule has 10 heteroatoms. The van der Waals surface area contributed by atoms with Crippen LogP contribution in [0.1, 0.15) is 24.9 Å². The van der Waals surface area contributed by atoms with Crippen LogP contribution in [0.4, 0.5) is 26.3 Å². The van der Waals surface area contributed by atoms with Crippen LogP contribution in [0.3, 0.4) is 0 Å². The van der Waals surface area contributed by atoms with Crippen LogP contribution in [0.25, 0.3) is 11.3 Å². The lowest BCUT2D eigenvalue weighted by molar-refractivity contribution is -0.153. The summed E-state index contributed by atoms with van der Waals surface area (Å²) in [6, 6.07) is 6.08. The third kappa shape index (κ3) is 6.50. The molecule has 0 fully saturated rings. The Labute approximate surface area is 168 Å². The van der Waals surface area contributed by atoms with Gasteiger partial charge in [0, 0.05) is 12.5 Å². The monoisotopic (exact) mass is 432 g/mol. The molecule has 0 spiro atoms. The normalized spacial score (nSPS) is 12.7. The second-order valence-electron chi connectivity index (χ2n) is 6.19. The Morgan fingerprint density at radius 2 is 1.77 bits per heavy atom. The zero-order chi connectivity index (χ0) is 22.5. The molecule has 0 saturated carbocycles. The zero-order valence-corrected chi connectivity index (χ0v) is 15.8. The molecule has 0 aliphatic heterocycles. The van der Waals surface area contributed by atoms with Crippen LogP contribution < -0.4 is 10.3 Å². The topological polar surface area (TPSA) is 44.1 Å². The Hall–Kier alpha value is -3.04. The molecule has 0 amide bonds. The lowest BCUT2D eigenvalue weighted by Gasteiger charge is -2.15. The molecule has 0 aliphatic carbocycles. The first-order valence-corrected chi connectivity index (χ1v) is 8.72. The molecule has 1 aromatic carbocycles. The first kappa shape index (κ1) is 23.2. The summed E-state index contributed by atoms with van der Waals surface area (Å²) >= 11 is 0. The highest BCUT2D eigenvalue weighted by atomic mass is 19.4. The van der Waals surface area contributed by atoms with Gasteiger partial charge in [-0.2, -0.15) is 26.3 Å². The minimum Gasteiger partial charge on any atom is -0.484 e. The molecule has 0 radical (unpaired) electrons. The minimum absolute atomic E-state index is 0.103. The highest BCUT2D eigenvalue weighted by molar-refractivity contribution is 5.70. The van der Waals surface area contributed by atoms with E-state index in [1.807, 2.05) is 0 Å². The van der Waals surface area contributed by atoms with E-state index in [1.165, 1.54) is 30.3 Å². The van der Waals surface area contributed by atoms with Gasteiger partial charge in [-0.05, 0) is 36.8 Å². The molecule has 0 N–H and O–H groups in total. The van der Waals surface area contributed by atoms with Crippen molar-refractivity contribution >= 4 is 5.57 Å². The molecule has 2 aromatic rings. The number of ether oxygens (including phenoxy) is 1. The van der Waals surface area contributed by atoms with E-state index >= 15 is 0 Å². The van der Waals surface area contributed by atoms with Crippen molar-refractivity contribution in [3.63, 3.8) is 0 Å². The highest BCUT2D eigenvalue weighted by Crippen LogP contribution is 2.24. The van der Waals surface area contributed by atoms with Crippen molar-refractivity contribution in [3.8, 4) is 11.4 Å². The largest absolute Gasteiger partial charge is 0.484 e. The van der Waals surface area contributed by atoms with E-state index in [-0.39, 0.29) is 23.0 Å². The second-order valence-corrected chi connectivity index (χ2v) is 6.19. The number of nitrogens with zero attached hydrogens (tertiary/aromatic N) is 2. The maximum atomic E-state index is 12.8. The van der Waals surface area contributed by atoms with Crippen LogP contribution in [0.15, 0.2) is 53.9 Å². The molecule has 2 rings (SSSR count). The molecule has 1 heterocycles. The van der Waals surface area contributed by atoms with Gasteiger partial charge in [-0.15, -0.1) is 0 Å². The van der Waals surface area contributed by atoms with Gasteiger partial charge in [0.05, 0.1) is 17.8 Å². The van der Waals surface area contributed by atoms with Crippen molar-refractivity contribution in [1.82, 2.24) is 9.55 Å². The molecule has 162 valence electrons. The van der Waals surface area contributed by atoms with E-state index in [2.05, 4.69) is 16.3 Å². The third-order valence-corrected chi connectivity index (χ3v) is 3.94. The van der Waals surface area contributed by atoms with Crippen molar-refractivity contribution < 1.29 is 31.1 Å². The summed E-state index contributed by atoms with van der Waals surface area (Å²) in [6.07, 6.45) is -7.71. The van der Waals surface area contributed by atoms with Gasteiger partial charge < -0.3 is 4.74 Å². The number of benzene rings is 1. The van der Waals surface area contributed by atoms with Gasteiger partial charge in [0.15, 0.2) is 6.61 Å². The highest BCUT2D eigenvalue weighted by Gasteiger charge is 2.29. The average Bonchev–Trinajstić information content (AvgIpc) is 2.65. The van der Waals surface area contributed by atoms with Crippen LogP contribution in [-0.4, -0.2) is 28.5 Å². The maximum Gasteiger partial charge on any atom is 0.422 e. The fourth-order valence-electron chi connectivity index (χ4n) is 2.60. The standard InChI is InChI=1S/C20H18F6N2O2/c1-3-13(4-2)16-11-18(29)28(17(27-16)9-10-19(21,22)23)14-5-7-15(8-6-14)30-12-20(24,25)26/h3-8,11H,1,9-10,12H2,2H3/b13-4+. The lowest BCUT2D eigenvalue weighted by atomic mass is 10.1. The zero-order valence-electron chi connectivity index (χ0n) is 15.8. The van der Waals surface area contributed by atoms with Gasteiger partial charge in [-0.1, -0.05) is 18.7 Å². The number of hydrogen-bond donors (Lipinski definition) is 0. The van der Waals surface area contributed by atoms with Crippen molar-refractivity contribution in [2.24, 2.45) is 0 Å². The van der Waals surface area contributed by atoms with E-state index < -0.39 is 37.4 Å². The Kier molecular flexibility index (Phi) is 7.12. The third-order valence-electron chi connectivity index (χ3n) is 3.94. The number of alkyl halides is 6. The first-order chi connectivity index (χ1) is 13.9. The van der Waals surface area contributed by atoms with E-state index in [9.17, 15) is 31.1 Å². The van der Waals surface area contributed by atoms with Crippen molar-refractivity contribution in [1.29, 1.82) is 0 Å². The summed E-state index contributed by atoms with van der Waals surface area (Å²) in [7, 11) is 0. The maximum absolute atomic E-state index is 12.8. The molecule has 1 aromatic heterocycles. The molecular weight excluding hydrogens is 414 g/mol. The van der Waals surface area contributed by atoms with Gasteiger partial charge >= 0.3 is 12.4 Å². The molecular formula is C20H18F6N2O2. The van der Waals surface area contributed by atoms with Crippen LogP contribution in [0.2, 0.25) is 0 Å². The van der Waals surface area contributed by atoms with Crippen molar-refractivity contribution in [3.05, 3.63) is 70.9 Å². The summed E-state index contributed by atoms with van der Waals surface area (Å²) in [5.41, 5.74) is 0.165. The number of aryl methyl sites for hydroxylation is 1. The van der Waals surface area contributed by atoms with E-state index in [1.54, 1.807) is 13.0 Å². The van der Waals surface area contributed by atoms with Gasteiger partial charge in [0.2, 0.25) is 0 Å². The van der Waals surface area contributed by atoms with Crippen molar-refractivity contribution in [2.75, 3.05) is 6.61 Å². The van der Waals surface area contributed by atoms with Crippen LogP contribution in [0.5, 0.6) is 5.75 Å². The second kappa shape index (κ2) is 9.19. The molecule has 4 nitrogen and oxygen atoms in total. The predicted octanol–water partition coefficient (Wildman–Crippen LogP) is 5.26. The Morgan fingerprint density at radius 1 is 1.13 bits per heavy atom. The summed E-state index contributed by atoms with van der Waals surface area (Å²) < 4.78 is 80.6. The number of aromatic nitrogens is 2. The van der Waals surface area contributed by atoms with Gasteiger partial charge in [-0.25, -0.2) is 4.98 Å². The van der Waals surface area contributed by atoms with Crippen LogP contribution in [0, 0.1) is 0 Å². The summed E-state index contributed by atoms with van der Waals surface area (Å²) in [5, 5.41) is 0. The molecule has 30 heavy (non-hydrogen) atoms. The number of allylic oxidation sites excluding steroid dienone is 3. The molecule has 0 saturated heterocycles. The van der Waals surface area contributed by atoms with Gasteiger partial charge in [0.25, 0.3) is 5.56 Å². The van der Waals surface area contributed by atoms with Crippen LogP contribution in [-0.2, 0) is 6.42 Å². The Balaban J connectivity index is 2.46. The number of hydrogen-bond acceptors (Lipinski definition) is 3. The molecule has 0 unspecified atom stereocenters. The fraction of sp³-hybridized carbons (Fsp3) is 0.300. The van der Waals surface area contributed by atoms with Crippen LogP contribution >= 0.6 is 0 Å². The summed E-state index contributed by atoms with van der Waals surface area (Å²) in [4.78, 5) is 16.9. The smallest absolute Gasteiger partial charge is 0.422 e. The van der Waals surface area contributed by atoms with E-state index in [4.69, 9.17) is 0 Å². The quantitative estimate of drug-likeness (QED) is 0.443. The van der Waals surface area contributed by atoms with E-state index in [0.717, 1.165) is 10.6 Å². The summed E-state index contributed by atoms with van der Waals surface area (Å²) in [5.74, 6) is -0.242. The predicted molar refractivity (Wildman–Crippen MR) is 99.6 cm³/mol. The number of rotatable bonds is 7. The molecule has 0 atom stereocenters. The summed E-state index contributed by atoms with van der Waals surface area (Å²) in [6.45, 7) is 3.76. The fourth-order valence-corrected chi connectivity index (χ4v) is 2.60. The van der Waals surface area contributed by atoms with E-state index in [0.29, 0.717) is 5.57 Å².